The highest BCUT2D eigenvalue weighted by Gasteiger charge is 2.19. The number of aromatic nitrogens is 1. The summed E-state index contributed by atoms with van der Waals surface area (Å²) in [5.74, 6) is 1.39. The molecule has 2 heterocycles. The molecule has 0 amide bonds. The van der Waals surface area contributed by atoms with Crippen LogP contribution in [-0.4, -0.2) is 29.2 Å². The van der Waals surface area contributed by atoms with E-state index in [9.17, 15) is 4.79 Å². The van der Waals surface area contributed by atoms with Gasteiger partial charge in [0.25, 0.3) is 0 Å². The van der Waals surface area contributed by atoms with Gasteiger partial charge >= 0.3 is 5.97 Å². The summed E-state index contributed by atoms with van der Waals surface area (Å²) in [7, 11) is 0. The van der Waals surface area contributed by atoms with Gasteiger partial charge in [-0.2, -0.15) is 0 Å². The standard InChI is InChI=1S/C18H23N3O3S/c1-12-10-17(24-13(12)2)16(11-15-6-4-5-7-19-15)21-18(25)20-8-9-23-14(3)22/h4-7,10,16H,8-9,11H2,1-3H3,(H2,20,21,25). The molecular weight excluding hydrogens is 338 g/mol. The summed E-state index contributed by atoms with van der Waals surface area (Å²) in [4.78, 5) is 15.1. The van der Waals surface area contributed by atoms with Gasteiger partial charge in [0.05, 0.1) is 12.6 Å². The Hall–Kier alpha value is -2.41. The number of ether oxygens (including phenoxy) is 1. The van der Waals surface area contributed by atoms with Gasteiger partial charge in [0.2, 0.25) is 0 Å². The molecular formula is C18H23N3O3S. The first-order valence-electron chi connectivity index (χ1n) is 8.10. The second kappa shape index (κ2) is 9.17. The summed E-state index contributed by atoms with van der Waals surface area (Å²) in [6.45, 7) is 6.03. The smallest absolute Gasteiger partial charge is 0.302 e. The lowest BCUT2D eigenvalue weighted by Crippen LogP contribution is -2.40. The van der Waals surface area contributed by atoms with Crippen molar-refractivity contribution in [1.29, 1.82) is 0 Å². The number of aryl methyl sites for hydroxylation is 2. The van der Waals surface area contributed by atoms with Crippen LogP contribution in [0.15, 0.2) is 34.9 Å². The number of nitrogens with zero attached hydrogens (tertiary/aromatic N) is 1. The maximum absolute atomic E-state index is 10.8. The first-order valence-corrected chi connectivity index (χ1v) is 8.51. The fourth-order valence-corrected chi connectivity index (χ4v) is 2.54. The minimum Gasteiger partial charge on any atom is -0.464 e. The number of nitrogens with one attached hydrogen (secondary N) is 2. The minimum atomic E-state index is -0.310. The molecule has 1 atom stereocenters. The van der Waals surface area contributed by atoms with E-state index in [1.54, 1.807) is 6.20 Å². The van der Waals surface area contributed by atoms with E-state index >= 15 is 0 Å². The Kier molecular flexibility index (Phi) is 6.94. The molecule has 0 spiro atoms. The number of carbonyl (C=O) groups excluding carboxylic acids is 1. The number of hydrogen-bond donors (Lipinski definition) is 2. The second-order valence-electron chi connectivity index (χ2n) is 5.71. The lowest BCUT2D eigenvalue weighted by atomic mass is 10.1. The maximum atomic E-state index is 10.8. The van der Waals surface area contributed by atoms with Crippen LogP contribution in [0.25, 0.3) is 0 Å². The fourth-order valence-electron chi connectivity index (χ4n) is 2.29. The Morgan fingerprint density at radius 2 is 2.20 bits per heavy atom. The van der Waals surface area contributed by atoms with Crippen LogP contribution in [0, 0.1) is 13.8 Å². The average Bonchev–Trinajstić information content (AvgIpc) is 2.91. The van der Waals surface area contributed by atoms with Gasteiger partial charge in [0, 0.05) is 25.2 Å². The molecule has 1 unspecified atom stereocenters. The third-order valence-electron chi connectivity index (χ3n) is 3.67. The highest BCUT2D eigenvalue weighted by atomic mass is 32.1. The van der Waals surface area contributed by atoms with Crippen molar-refractivity contribution in [1.82, 2.24) is 15.6 Å². The second-order valence-corrected chi connectivity index (χ2v) is 6.11. The summed E-state index contributed by atoms with van der Waals surface area (Å²) in [6.07, 6.45) is 2.40. The Balaban J connectivity index is 2.01. The Labute approximate surface area is 153 Å². The molecule has 6 nitrogen and oxygen atoms in total. The van der Waals surface area contributed by atoms with Crippen molar-refractivity contribution in [2.45, 2.75) is 33.2 Å². The molecule has 0 radical (unpaired) electrons. The van der Waals surface area contributed by atoms with Crippen LogP contribution in [0.2, 0.25) is 0 Å². The van der Waals surface area contributed by atoms with Crippen LogP contribution in [0.5, 0.6) is 0 Å². The SMILES string of the molecule is CC(=O)OCCNC(=S)NC(Cc1ccccn1)c1cc(C)c(C)o1. The van der Waals surface area contributed by atoms with Gasteiger partial charge in [-0.3, -0.25) is 9.78 Å². The highest BCUT2D eigenvalue weighted by Crippen LogP contribution is 2.23. The summed E-state index contributed by atoms with van der Waals surface area (Å²) >= 11 is 5.34. The van der Waals surface area contributed by atoms with Crippen molar-refractivity contribution in [3.05, 3.63) is 53.2 Å². The van der Waals surface area contributed by atoms with E-state index in [1.165, 1.54) is 6.92 Å². The Morgan fingerprint density at radius 1 is 1.40 bits per heavy atom. The van der Waals surface area contributed by atoms with Crippen LogP contribution >= 0.6 is 12.2 Å². The first kappa shape index (κ1) is 18.9. The van der Waals surface area contributed by atoms with Gasteiger partial charge in [-0.05, 0) is 49.8 Å². The lowest BCUT2D eigenvalue weighted by molar-refractivity contribution is -0.140. The van der Waals surface area contributed by atoms with Gasteiger partial charge in [0.1, 0.15) is 18.1 Å². The van der Waals surface area contributed by atoms with E-state index < -0.39 is 0 Å². The molecule has 0 aliphatic rings. The molecule has 0 fully saturated rings. The topological polar surface area (TPSA) is 76.4 Å². The number of pyridine rings is 1. The van der Waals surface area contributed by atoms with Crippen molar-refractivity contribution >= 4 is 23.3 Å². The summed E-state index contributed by atoms with van der Waals surface area (Å²) in [5, 5.41) is 6.76. The van der Waals surface area contributed by atoms with Gasteiger partial charge in [-0.15, -0.1) is 0 Å². The maximum Gasteiger partial charge on any atom is 0.302 e. The predicted molar refractivity (Wildman–Crippen MR) is 99.2 cm³/mol. The number of carbonyl (C=O) groups is 1. The lowest BCUT2D eigenvalue weighted by Gasteiger charge is -2.19. The van der Waals surface area contributed by atoms with E-state index in [2.05, 4.69) is 15.6 Å². The summed E-state index contributed by atoms with van der Waals surface area (Å²) in [5.41, 5.74) is 2.03. The molecule has 0 bridgehead atoms. The van der Waals surface area contributed by atoms with Gasteiger partial charge < -0.3 is 19.8 Å². The zero-order valence-electron chi connectivity index (χ0n) is 14.7. The third-order valence-corrected chi connectivity index (χ3v) is 3.93. The Bertz CT molecular complexity index is 696. The molecule has 2 aromatic rings. The average molecular weight is 361 g/mol. The molecule has 7 heteroatoms. The molecule has 0 saturated carbocycles. The van der Waals surface area contributed by atoms with E-state index in [1.807, 2.05) is 38.1 Å². The zero-order valence-corrected chi connectivity index (χ0v) is 15.5. The number of rotatable bonds is 7. The molecule has 0 aliphatic heterocycles. The Morgan fingerprint density at radius 3 is 2.80 bits per heavy atom. The van der Waals surface area contributed by atoms with Crippen LogP contribution in [0.4, 0.5) is 0 Å². The van der Waals surface area contributed by atoms with Gasteiger partial charge in [-0.25, -0.2) is 0 Å². The molecule has 0 aromatic carbocycles. The number of thiocarbonyl (C=S) groups is 1. The van der Waals surface area contributed by atoms with Crippen LogP contribution in [0.3, 0.4) is 0 Å². The first-order chi connectivity index (χ1) is 12.0. The monoisotopic (exact) mass is 361 g/mol. The van der Waals surface area contributed by atoms with E-state index in [0.29, 0.717) is 18.1 Å². The van der Waals surface area contributed by atoms with Crippen LogP contribution in [0.1, 0.15) is 35.7 Å². The number of esters is 1. The van der Waals surface area contributed by atoms with Crippen molar-refractivity contribution in [3.63, 3.8) is 0 Å². The number of furan rings is 1. The normalized spacial score (nSPS) is 11.6. The molecule has 0 aliphatic carbocycles. The summed E-state index contributed by atoms with van der Waals surface area (Å²) < 4.78 is 10.7. The highest BCUT2D eigenvalue weighted by molar-refractivity contribution is 7.80. The van der Waals surface area contributed by atoms with Gasteiger partial charge in [0.15, 0.2) is 5.11 Å². The van der Waals surface area contributed by atoms with E-state index in [-0.39, 0.29) is 18.6 Å². The van der Waals surface area contributed by atoms with Gasteiger partial charge in [-0.1, -0.05) is 6.07 Å². The van der Waals surface area contributed by atoms with Crippen molar-refractivity contribution in [2.75, 3.05) is 13.2 Å². The van der Waals surface area contributed by atoms with E-state index in [4.69, 9.17) is 21.4 Å². The number of hydrogen-bond acceptors (Lipinski definition) is 5. The molecule has 2 aromatic heterocycles. The predicted octanol–water partition coefficient (Wildman–Crippen LogP) is 2.60. The molecule has 25 heavy (non-hydrogen) atoms. The molecule has 134 valence electrons. The van der Waals surface area contributed by atoms with Crippen molar-refractivity contribution in [2.24, 2.45) is 0 Å². The van der Waals surface area contributed by atoms with E-state index in [0.717, 1.165) is 22.8 Å². The largest absolute Gasteiger partial charge is 0.464 e. The molecule has 2 N–H and O–H groups in total. The van der Waals surface area contributed by atoms with Crippen LogP contribution < -0.4 is 10.6 Å². The molecule has 2 rings (SSSR count). The van der Waals surface area contributed by atoms with Crippen LogP contribution in [-0.2, 0) is 16.0 Å². The zero-order chi connectivity index (χ0) is 18.2. The van der Waals surface area contributed by atoms with Crippen molar-refractivity contribution in [3.8, 4) is 0 Å². The van der Waals surface area contributed by atoms with Crippen molar-refractivity contribution < 1.29 is 13.9 Å². The third kappa shape index (κ3) is 6.19. The minimum absolute atomic E-state index is 0.143. The molecule has 0 saturated heterocycles. The summed E-state index contributed by atoms with van der Waals surface area (Å²) in [6, 6.07) is 7.67. The quantitative estimate of drug-likeness (QED) is 0.446. The fraction of sp³-hybridized carbons (Fsp3) is 0.389.